The summed E-state index contributed by atoms with van der Waals surface area (Å²) in [4.78, 5) is 2.63. The zero-order valence-corrected chi connectivity index (χ0v) is 16.3. The summed E-state index contributed by atoms with van der Waals surface area (Å²) in [6.07, 6.45) is 3.96. The van der Waals surface area contributed by atoms with Gasteiger partial charge in [-0.1, -0.05) is 30.7 Å². The van der Waals surface area contributed by atoms with Crippen LogP contribution in [0.15, 0.2) is 42.5 Å². The summed E-state index contributed by atoms with van der Waals surface area (Å²) in [6.45, 7) is 5.59. The van der Waals surface area contributed by atoms with Gasteiger partial charge in [0.25, 0.3) is 0 Å². The Morgan fingerprint density at radius 2 is 1.86 bits per heavy atom. The SMILES string of the molecule is CC(C1NCC(c2n[nH]c3cc(F)ccc23)c2ccccc21)N1CCCCC1. The van der Waals surface area contributed by atoms with Gasteiger partial charge in [-0.15, -0.1) is 0 Å². The fourth-order valence-corrected chi connectivity index (χ4v) is 5.07. The Bertz CT molecular complexity index is 976. The molecule has 1 fully saturated rings. The average Bonchev–Trinajstić information content (AvgIpc) is 3.16. The van der Waals surface area contributed by atoms with Gasteiger partial charge in [0.15, 0.2) is 0 Å². The Labute approximate surface area is 165 Å². The standard InChI is InChI=1S/C23H27FN4/c1-15(28-11-5-2-6-12-28)22-18-8-4-3-7-17(18)20(14-25-22)23-19-10-9-16(24)13-21(19)26-27-23/h3-4,7-10,13,15,20,22,25H,2,5-6,11-12,14H2,1H3,(H,26,27). The molecule has 0 saturated carbocycles. The van der Waals surface area contributed by atoms with Gasteiger partial charge in [0.1, 0.15) is 5.82 Å². The minimum atomic E-state index is -0.236. The predicted octanol–water partition coefficient (Wildman–Crippen LogP) is 4.35. The number of nitrogens with zero attached hydrogens (tertiary/aromatic N) is 2. The maximum absolute atomic E-state index is 13.6. The van der Waals surface area contributed by atoms with Gasteiger partial charge in [-0.25, -0.2) is 4.39 Å². The van der Waals surface area contributed by atoms with Crippen molar-refractivity contribution in [2.24, 2.45) is 0 Å². The number of halogens is 1. The topological polar surface area (TPSA) is 44.0 Å². The number of hydrogen-bond donors (Lipinski definition) is 2. The van der Waals surface area contributed by atoms with E-state index < -0.39 is 0 Å². The normalized spacial score (nSPS) is 24.2. The van der Waals surface area contributed by atoms with E-state index in [-0.39, 0.29) is 11.7 Å². The minimum Gasteiger partial charge on any atom is -0.308 e. The largest absolute Gasteiger partial charge is 0.308 e. The van der Waals surface area contributed by atoms with Crippen molar-refractivity contribution in [2.75, 3.05) is 19.6 Å². The van der Waals surface area contributed by atoms with E-state index in [9.17, 15) is 4.39 Å². The molecule has 3 atom stereocenters. The average molecular weight is 378 g/mol. The fourth-order valence-electron chi connectivity index (χ4n) is 5.07. The van der Waals surface area contributed by atoms with Crippen LogP contribution in [0.5, 0.6) is 0 Å². The Balaban J connectivity index is 1.51. The third-order valence-corrected chi connectivity index (χ3v) is 6.58. The summed E-state index contributed by atoms with van der Waals surface area (Å²) >= 11 is 0. The molecule has 2 aliphatic heterocycles. The van der Waals surface area contributed by atoms with Crippen LogP contribution in [0.3, 0.4) is 0 Å². The van der Waals surface area contributed by atoms with Crippen molar-refractivity contribution in [2.45, 2.75) is 44.2 Å². The van der Waals surface area contributed by atoms with E-state index in [0.717, 1.165) is 23.1 Å². The molecule has 146 valence electrons. The van der Waals surface area contributed by atoms with E-state index in [4.69, 9.17) is 0 Å². The van der Waals surface area contributed by atoms with Crippen LogP contribution in [-0.2, 0) is 0 Å². The van der Waals surface area contributed by atoms with Crippen LogP contribution in [0.2, 0.25) is 0 Å². The molecule has 5 heteroatoms. The third kappa shape index (κ3) is 3.03. The molecule has 5 rings (SSSR count). The maximum atomic E-state index is 13.6. The first kappa shape index (κ1) is 17.8. The Morgan fingerprint density at radius 3 is 2.68 bits per heavy atom. The molecule has 28 heavy (non-hydrogen) atoms. The number of benzene rings is 2. The van der Waals surface area contributed by atoms with E-state index in [1.807, 2.05) is 6.07 Å². The summed E-state index contributed by atoms with van der Waals surface area (Å²) in [6, 6.07) is 14.4. The third-order valence-electron chi connectivity index (χ3n) is 6.58. The highest BCUT2D eigenvalue weighted by Gasteiger charge is 2.34. The summed E-state index contributed by atoms with van der Waals surface area (Å²) in [5.41, 5.74) is 4.47. The van der Waals surface area contributed by atoms with Gasteiger partial charge in [0, 0.05) is 29.9 Å². The molecule has 4 nitrogen and oxygen atoms in total. The van der Waals surface area contributed by atoms with Crippen LogP contribution >= 0.6 is 0 Å². The lowest BCUT2D eigenvalue weighted by atomic mass is 9.81. The monoisotopic (exact) mass is 378 g/mol. The number of hydrogen-bond acceptors (Lipinski definition) is 3. The number of rotatable bonds is 3. The van der Waals surface area contributed by atoms with E-state index in [1.54, 1.807) is 0 Å². The predicted molar refractivity (Wildman–Crippen MR) is 110 cm³/mol. The van der Waals surface area contributed by atoms with Crippen LogP contribution in [0, 0.1) is 5.82 Å². The molecular formula is C23H27FN4. The minimum absolute atomic E-state index is 0.167. The molecule has 2 N–H and O–H groups in total. The van der Waals surface area contributed by atoms with E-state index >= 15 is 0 Å². The quantitative estimate of drug-likeness (QED) is 0.712. The van der Waals surface area contributed by atoms with Crippen molar-refractivity contribution in [3.05, 3.63) is 65.1 Å². The number of nitrogens with one attached hydrogen (secondary N) is 2. The molecule has 3 unspecified atom stereocenters. The lowest BCUT2D eigenvalue weighted by molar-refractivity contribution is 0.138. The molecule has 0 aliphatic carbocycles. The van der Waals surface area contributed by atoms with Crippen LogP contribution < -0.4 is 5.32 Å². The number of H-pyrrole nitrogens is 1. The van der Waals surface area contributed by atoms with Crippen LogP contribution in [0.4, 0.5) is 4.39 Å². The summed E-state index contributed by atoms with van der Waals surface area (Å²) in [5.74, 6) is -0.0690. The number of likely N-dealkylation sites (tertiary alicyclic amines) is 1. The van der Waals surface area contributed by atoms with Crippen LogP contribution in [-0.4, -0.2) is 40.8 Å². The highest BCUT2D eigenvalue weighted by atomic mass is 19.1. The zero-order chi connectivity index (χ0) is 19.1. The van der Waals surface area contributed by atoms with Gasteiger partial charge in [0.2, 0.25) is 0 Å². The van der Waals surface area contributed by atoms with Gasteiger partial charge >= 0.3 is 0 Å². The van der Waals surface area contributed by atoms with Crippen molar-refractivity contribution >= 4 is 10.9 Å². The molecule has 3 heterocycles. The number of piperidine rings is 1. The molecule has 2 aromatic carbocycles. The van der Waals surface area contributed by atoms with Crippen LogP contribution in [0.1, 0.15) is 55.0 Å². The molecule has 0 spiro atoms. The first-order chi connectivity index (χ1) is 13.7. The number of aromatic amines is 1. The molecule has 0 amide bonds. The zero-order valence-electron chi connectivity index (χ0n) is 16.3. The Morgan fingerprint density at radius 1 is 1.07 bits per heavy atom. The van der Waals surface area contributed by atoms with Gasteiger partial charge in [-0.3, -0.25) is 10.00 Å². The molecule has 2 aliphatic rings. The smallest absolute Gasteiger partial charge is 0.125 e. The van der Waals surface area contributed by atoms with Crippen molar-refractivity contribution in [1.29, 1.82) is 0 Å². The summed E-state index contributed by atoms with van der Waals surface area (Å²) in [7, 11) is 0. The van der Waals surface area contributed by atoms with E-state index in [2.05, 4.69) is 51.6 Å². The first-order valence-corrected chi connectivity index (χ1v) is 10.4. The second-order valence-corrected chi connectivity index (χ2v) is 8.20. The molecular weight excluding hydrogens is 351 g/mol. The summed E-state index contributed by atoms with van der Waals surface area (Å²) < 4.78 is 13.6. The fraction of sp³-hybridized carbons (Fsp3) is 0.435. The van der Waals surface area contributed by atoms with E-state index in [1.165, 1.54) is 55.6 Å². The Kier molecular flexibility index (Phi) is 4.65. The number of aromatic nitrogens is 2. The lowest BCUT2D eigenvalue weighted by Crippen LogP contribution is -2.48. The highest BCUT2D eigenvalue weighted by Crippen LogP contribution is 2.38. The van der Waals surface area contributed by atoms with E-state index in [0.29, 0.717) is 12.1 Å². The van der Waals surface area contributed by atoms with Crippen molar-refractivity contribution in [3.63, 3.8) is 0 Å². The van der Waals surface area contributed by atoms with Crippen LogP contribution in [0.25, 0.3) is 10.9 Å². The maximum Gasteiger partial charge on any atom is 0.125 e. The molecule has 0 radical (unpaired) electrons. The number of fused-ring (bicyclic) bond motifs is 2. The second kappa shape index (κ2) is 7.30. The molecule has 1 aromatic heterocycles. The van der Waals surface area contributed by atoms with Crippen molar-refractivity contribution < 1.29 is 4.39 Å². The first-order valence-electron chi connectivity index (χ1n) is 10.4. The van der Waals surface area contributed by atoms with Crippen molar-refractivity contribution in [1.82, 2.24) is 20.4 Å². The van der Waals surface area contributed by atoms with Crippen molar-refractivity contribution in [3.8, 4) is 0 Å². The molecule has 0 bridgehead atoms. The summed E-state index contributed by atoms with van der Waals surface area (Å²) in [5, 5.41) is 12.4. The molecule has 1 saturated heterocycles. The Hall–Kier alpha value is -2.24. The van der Waals surface area contributed by atoms with Gasteiger partial charge in [-0.2, -0.15) is 5.10 Å². The van der Waals surface area contributed by atoms with Gasteiger partial charge in [0.05, 0.1) is 11.2 Å². The van der Waals surface area contributed by atoms with Gasteiger partial charge < -0.3 is 5.32 Å². The van der Waals surface area contributed by atoms with Gasteiger partial charge in [-0.05, 0) is 62.2 Å². The molecule has 3 aromatic rings. The second-order valence-electron chi connectivity index (χ2n) is 8.20. The lowest BCUT2D eigenvalue weighted by Gasteiger charge is -2.41. The highest BCUT2D eigenvalue weighted by molar-refractivity contribution is 5.82.